The van der Waals surface area contributed by atoms with E-state index in [0.29, 0.717) is 39.3 Å². The van der Waals surface area contributed by atoms with Crippen LogP contribution in [-0.4, -0.2) is 86.7 Å². The van der Waals surface area contributed by atoms with Crippen molar-refractivity contribution in [2.24, 2.45) is 0 Å². The second-order valence-corrected chi connectivity index (χ2v) is 10.2. The summed E-state index contributed by atoms with van der Waals surface area (Å²) in [5.41, 5.74) is 2.01. The van der Waals surface area contributed by atoms with Gasteiger partial charge < -0.3 is 10.2 Å². The zero-order chi connectivity index (χ0) is 22.3. The van der Waals surface area contributed by atoms with Gasteiger partial charge in [0.2, 0.25) is 5.91 Å². The highest BCUT2D eigenvalue weighted by Crippen LogP contribution is 2.21. The van der Waals surface area contributed by atoms with Crippen molar-refractivity contribution in [3.8, 4) is 0 Å². The predicted octanol–water partition coefficient (Wildman–Crippen LogP) is 2.21. The molecular formula is C22H37N5O3S. The van der Waals surface area contributed by atoms with Gasteiger partial charge in [-0.1, -0.05) is 26.7 Å². The molecule has 8 nitrogen and oxygen atoms in total. The first kappa shape index (κ1) is 24.0. The molecule has 0 unspecified atom stereocenters. The third kappa shape index (κ3) is 6.41. The van der Waals surface area contributed by atoms with Crippen LogP contribution in [0.3, 0.4) is 0 Å². The molecule has 2 fully saturated rings. The van der Waals surface area contributed by atoms with E-state index < -0.39 is 10.2 Å². The summed E-state index contributed by atoms with van der Waals surface area (Å²) in [6.07, 6.45) is 5.09. The highest BCUT2D eigenvalue weighted by atomic mass is 32.2. The van der Waals surface area contributed by atoms with Gasteiger partial charge in [-0.25, -0.2) is 0 Å². The Balaban J connectivity index is 1.46. The molecule has 1 amide bonds. The van der Waals surface area contributed by atoms with Gasteiger partial charge in [-0.3, -0.25) is 9.69 Å². The number of hydrogen-bond donors (Lipinski definition) is 1. The smallest absolute Gasteiger partial charge is 0.282 e. The van der Waals surface area contributed by atoms with Crippen LogP contribution in [0.1, 0.15) is 39.5 Å². The lowest BCUT2D eigenvalue weighted by Gasteiger charge is -2.35. The Bertz CT molecular complexity index is 795. The van der Waals surface area contributed by atoms with Crippen molar-refractivity contribution in [3.63, 3.8) is 0 Å². The van der Waals surface area contributed by atoms with Gasteiger partial charge >= 0.3 is 0 Å². The largest absolute Gasteiger partial charge is 0.372 e. The molecule has 0 saturated carbocycles. The lowest BCUT2D eigenvalue weighted by atomic mass is 10.2. The average Bonchev–Trinajstić information content (AvgIpc) is 3.05. The van der Waals surface area contributed by atoms with Crippen LogP contribution < -0.4 is 10.2 Å². The van der Waals surface area contributed by atoms with Gasteiger partial charge in [0.05, 0.1) is 6.54 Å². The minimum Gasteiger partial charge on any atom is -0.372 e. The van der Waals surface area contributed by atoms with Crippen LogP contribution >= 0.6 is 0 Å². The fourth-order valence-corrected chi connectivity index (χ4v) is 5.92. The summed E-state index contributed by atoms with van der Waals surface area (Å²) in [5, 5.41) is 2.97. The number of carbonyl (C=O) groups excluding carboxylic acids is 1. The van der Waals surface area contributed by atoms with E-state index in [1.165, 1.54) is 40.0 Å². The van der Waals surface area contributed by atoms with Gasteiger partial charge in [0.15, 0.2) is 0 Å². The highest BCUT2D eigenvalue weighted by Gasteiger charge is 2.31. The quantitative estimate of drug-likeness (QED) is 0.656. The summed E-state index contributed by atoms with van der Waals surface area (Å²) in [4.78, 5) is 16.9. The number of anilines is 2. The van der Waals surface area contributed by atoms with Crippen LogP contribution in [-0.2, 0) is 15.0 Å². The molecule has 0 atom stereocenters. The molecule has 3 rings (SSSR count). The molecule has 2 saturated heterocycles. The van der Waals surface area contributed by atoms with Crippen LogP contribution in [0.4, 0.5) is 11.4 Å². The summed E-state index contributed by atoms with van der Waals surface area (Å²) in [5.74, 6) is -0.0671. The summed E-state index contributed by atoms with van der Waals surface area (Å²) < 4.78 is 28.3. The number of piperazine rings is 1. The molecule has 0 aromatic heterocycles. The SMILES string of the molecule is CCN(CC)S(=O)(=O)N1CCN(CC(=O)Nc2ccc(N3CCCCCC3)cc2)CC1. The fourth-order valence-electron chi connectivity index (χ4n) is 4.32. The van der Waals surface area contributed by atoms with Crippen LogP contribution in [0.15, 0.2) is 24.3 Å². The Kier molecular flexibility index (Phi) is 8.71. The minimum absolute atomic E-state index is 0.0671. The Morgan fingerprint density at radius 2 is 1.48 bits per heavy atom. The van der Waals surface area contributed by atoms with E-state index in [2.05, 4.69) is 22.3 Å². The van der Waals surface area contributed by atoms with Crippen molar-refractivity contribution in [3.05, 3.63) is 24.3 Å². The molecule has 31 heavy (non-hydrogen) atoms. The first-order valence-corrected chi connectivity index (χ1v) is 13.0. The van der Waals surface area contributed by atoms with Gasteiger partial charge in [-0.15, -0.1) is 0 Å². The molecule has 9 heteroatoms. The zero-order valence-corrected chi connectivity index (χ0v) is 19.7. The van der Waals surface area contributed by atoms with E-state index in [4.69, 9.17) is 0 Å². The number of nitrogens with zero attached hydrogens (tertiary/aromatic N) is 4. The highest BCUT2D eigenvalue weighted by molar-refractivity contribution is 7.86. The van der Waals surface area contributed by atoms with Crippen molar-refractivity contribution in [2.75, 3.05) is 69.1 Å². The van der Waals surface area contributed by atoms with Crippen LogP contribution in [0, 0.1) is 0 Å². The van der Waals surface area contributed by atoms with Crippen LogP contribution in [0.25, 0.3) is 0 Å². The standard InChI is InChI=1S/C22H37N5O3S/c1-3-26(4-2)31(29,30)27-17-15-24(16-18-27)19-22(28)23-20-9-11-21(12-10-20)25-13-7-5-6-8-14-25/h9-12H,3-8,13-19H2,1-2H3,(H,23,28). The molecule has 0 spiro atoms. The molecule has 174 valence electrons. The first-order valence-electron chi connectivity index (χ1n) is 11.6. The first-order chi connectivity index (χ1) is 14.9. The molecule has 2 heterocycles. The molecule has 2 aliphatic rings. The normalized spacial score (nSPS) is 19.4. The summed E-state index contributed by atoms with van der Waals surface area (Å²) in [6.45, 7) is 9.05. The van der Waals surface area contributed by atoms with Gasteiger partial charge in [0.1, 0.15) is 0 Å². The average molecular weight is 452 g/mol. The summed E-state index contributed by atoms with van der Waals surface area (Å²) in [6, 6.07) is 8.09. The molecule has 2 aliphatic heterocycles. The number of rotatable bonds is 8. The van der Waals surface area contributed by atoms with Crippen molar-refractivity contribution < 1.29 is 13.2 Å². The zero-order valence-electron chi connectivity index (χ0n) is 18.9. The molecule has 0 radical (unpaired) electrons. The number of benzene rings is 1. The maximum absolute atomic E-state index is 12.6. The second kappa shape index (κ2) is 11.3. The molecule has 0 aliphatic carbocycles. The lowest BCUT2D eigenvalue weighted by Crippen LogP contribution is -2.54. The number of hydrogen-bond acceptors (Lipinski definition) is 5. The van der Waals surface area contributed by atoms with Gasteiger partial charge in [0, 0.05) is 63.7 Å². The van der Waals surface area contributed by atoms with Crippen LogP contribution in [0.2, 0.25) is 0 Å². The van der Waals surface area contributed by atoms with E-state index in [9.17, 15) is 13.2 Å². The Hall–Kier alpha value is -1.68. The molecule has 1 N–H and O–H groups in total. The molecule has 0 bridgehead atoms. The Labute approximate surface area is 187 Å². The number of amides is 1. The van der Waals surface area contributed by atoms with Gasteiger partial charge in [-0.05, 0) is 37.1 Å². The Morgan fingerprint density at radius 3 is 2.03 bits per heavy atom. The molecule has 1 aromatic rings. The molecule has 1 aromatic carbocycles. The third-order valence-corrected chi connectivity index (χ3v) is 8.37. The van der Waals surface area contributed by atoms with Crippen molar-refractivity contribution >= 4 is 27.5 Å². The topological polar surface area (TPSA) is 76.2 Å². The summed E-state index contributed by atoms with van der Waals surface area (Å²) in [7, 11) is -3.41. The van der Waals surface area contributed by atoms with E-state index >= 15 is 0 Å². The Morgan fingerprint density at radius 1 is 0.903 bits per heavy atom. The maximum Gasteiger partial charge on any atom is 0.282 e. The second-order valence-electron chi connectivity index (χ2n) is 8.26. The van der Waals surface area contributed by atoms with Crippen LogP contribution in [0.5, 0.6) is 0 Å². The lowest BCUT2D eigenvalue weighted by molar-refractivity contribution is -0.117. The number of carbonyl (C=O) groups is 1. The monoisotopic (exact) mass is 451 g/mol. The number of nitrogens with one attached hydrogen (secondary N) is 1. The van der Waals surface area contributed by atoms with Crippen molar-refractivity contribution in [2.45, 2.75) is 39.5 Å². The summed E-state index contributed by atoms with van der Waals surface area (Å²) >= 11 is 0. The van der Waals surface area contributed by atoms with E-state index in [1.54, 1.807) is 0 Å². The maximum atomic E-state index is 12.6. The van der Waals surface area contributed by atoms with Crippen molar-refractivity contribution in [1.82, 2.24) is 13.5 Å². The minimum atomic E-state index is -3.41. The fraction of sp³-hybridized carbons (Fsp3) is 0.682. The van der Waals surface area contributed by atoms with Gasteiger partial charge in [-0.2, -0.15) is 17.0 Å². The van der Waals surface area contributed by atoms with E-state index in [0.717, 1.165) is 18.8 Å². The molecular weight excluding hydrogens is 414 g/mol. The van der Waals surface area contributed by atoms with E-state index in [-0.39, 0.29) is 12.5 Å². The third-order valence-electron chi connectivity index (χ3n) is 6.18. The van der Waals surface area contributed by atoms with Crippen molar-refractivity contribution in [1.29, 1.82) is 0 Å². The van der Waals surface area contributed by atoms with E-state index in [1.807, 2.05) is 30.9 Å². The van der Waals surface area contributed by atoms with Gasteiger partial charge in [0.25, 0.3) is 10.2 Å². The predicted molar refractivity (Wildman–Crippen MR) is 126 cm³/mol.